The molecule has 0 amide bonds. The Bertz CT molecular complexity index is 91.1. The van der Waals surface area contributed by atoms with Crippen LogP contribution in [0.3, 0.4) is 0 Å². The van der Waals surface area contributed by atoms with Crippen LogP contribution in [0.15, 0.2) is 0 Å². The normalized spacial score (nSPS) is 12.7. The molecule has 0 fully saturated rings. The Morgan fingerprint density at radius 1 is 1.50 bits per heavy atom. The van der Waals surface area contributed by atoms with E-state index in [4.69, 9.17) is 9.46 Å². The molecule has 1 N–H and O–H groups in total. The highest BCUT2D eigenvalue weighted by molar-refractivity contribution is 7.80. The Morgan fingerprint density at radius 2 is 2.00 bits per heavy atom. The molecule has 0 aliphatic heterocycles. The first kappa shape index (κ1) is 15.0. The van der Waals surface area contributed by atoms with Crippen LogP contribution in [-0.4, -0.2) is 10.6 Å². The van der Waals surface area contributed by atoms with Crippen LogP contribution in [0, 0.1) is 5.92 Å². The van der Waals surface area contributed by atoms with Crippen LogP contribution in [0.5, 0.6) is 0 Å². The summed E-state index contributed by atoms with van der Waals surface area (Å²) in [4.78, 5) is 7.10. The highest BCUT2D eigenvalue weighted by atomic mass is 32.1. The molecule has 4 heteroatoms. The standard InChI is InChI=1S/C8H18S.H3O2P/c1-3-8(2)6-4-5-7-9;1-3-2/h8-9H,3-7H2,1-2H3;3H2,(H,1,2). The zero-order valence-corrected chi connectivity index (χ0v) is 10.0. The molecule has 0 aromatic heterocycles. The third-order valence-electron chi connectivity index (χ3n) is 1.80. The van der Waals surface area contributed by atoms with E-state index in [-0.39, 0.29) is 0 Å². The summed E-state index contributed by atoms with van der Waals surface area (Å²) in [6, 6.07) is 0. The maximum Gasteiger partial charge on any atom is 0.177 e. The van der Waals surface area contributed by atoms with Crippen molar-refractivity contribution in [3.8, 4) is 0 Å². The van der Waals surface area contributed by atoms with Gasteiger partial charge in [0.2, 0.25) is 0 Å². The lowest BCUT2D eigenvalue weighted by molar-refractivity contribution is 0.493. The molecule has 0 saturated heterocycles. The molecule has 0 radical (unpaired) electrons. The Labute approximate surface area is 82.5 Å². The van der Waals surface area contributed by atoms with Crippen LogP contribution in [-0.2, 0) is 4.57 Å². The monoisotopic (exact) mass is 212 g/mol. The second-order valence-corrected chi connectivity index (χ2v) is 3.50. The van der Waals surface area contributed by atoms with Gasteiger partial charge in [-0.05, 0) is 18.1 Å². The summed E-state index contributed by atoms with van der Waals surface area (Å²) in [5.74, 6) is 1.97. The Kier molecular flexibility index (Phi) is 17.6. The van der Waals surface area contributed by atoms with Crippen LogP contribution in [0.1, 0.15) is 39.5 Å². The summed E-state index contributed by atoms with van der Waals surface area (Å²) >= 11 is 4.15. The molecule has 2 unspecified atom stereocenters. The Balaban J connectivity index is 0. The molecule has 0 aromatic carbocycles. The lowest BCUT2D eigenvalue weighted by atomic mass is 10.0. The van der Waals surface area contributed by atoms with E-state index in [2.05, 4.69) is 26.5 Å². The third-order valence-corrected chi connectivity index (χ3v) is 2.12. The first-order chi connectivity index (χ1) is 5.72. The van der Waals surface area contributed by atoms with E-state index in [0.29, 0.717) is 0 Å². The van der Waals surface area contributed by atoms with Crippen LogP contribution in [0.2, 0.25) is 0 Å². The summed E-state index contributed by atoms with van der Waals surface area (Å²) in [7, 11) is -1.50. The minimum absolute atomic E-state index is 0.921. The van der Waals surface area contributed by atoms with Gasteiger partial charge in [-0.1, -0.05) is 33.1 Å². The van der Waals surface area contributed by atoms with Gasteiger partial charge in [0.25, 0.3) is 0 Å². The molecular formula is C8H21O2PS. The van der Waals surface area contributed by atoms with Gasteiger partial charge in [-0.3, -0.25) is 4.57 Å². The fraction of sp³-hybridized carbons (Fsp3) is 1.00. The highest BCUT2D eigenvalue weighted by Gasteiger charge is 1.95. The van der Waals surface area contributed by atoms with Crippen LogP contribution in [0.4, 0.5) is 0 Å². The lowest BCUT2D eigenvalue weighted by Crippen LogP contribution is -1.91. The van der Waals surface area contributed by atoms with Crippen molar-refractivity contribution in [3.63, 3.8) is 0 Å². The van der Waals surface area contributed by atoms with Gasteiger partial charge in [-0.2, -0.15) is 12.6 Å². The molecule has 0 rings (SSSR count). The molecular weight excluding hydrogens is 191 g/mol. The van der Waals surface area contributed by atoms with Crippen molar-refractivity contribution in [3.05, 3.63) is 0 Å². The largest absolute Gasteiger partial charge is 0.348 e. The topological polar surface area (TPSA) is 37.3 Å². The second kappa shape index (κ2) is 14.1. The van der Waals surface area contributed by atoms with Crippen molar-refractivity contribution in [1.29, 1.82) is 0 Å². The van der Waals surface area contributed by atoms with Crippen molar-refractivity contribution in [2.45, 2.75) is 39.5 Å². The summed E-state index contributed by atoms with van der Waals surface area (Å²) in [5.41, 5.74) is 0. The van der Waals surface area contributed by atoms with E-state index in [1.165, 1.54) is 25.7 Å². The van der Waals surface area contributed by atoms with Crippen molar-refractivity contribution in [2.24, 2.45) is 5.92 Å². The fourth-order valence-electron chi connectivity index (χ4n) is 0.809. The van der Waals surface area contributed by atoms with Crippen molar-refractivity contribution < 1.29 is 9.46 Å². The van der Waals surface area contributed by atoms with Crippen molar-refractivity contribution in [2.75, 3.05) is 5.75 Å². The number of unbranched alkanes of at least 4 members (excludes halogenated alkanes) is 1. The van der Waals surface area contributed by atoms with E-state index in [9.17, 15) is 0 Å². The molecule has 0 saturated carbocycles. The molecule has 0 aliphatic carbocycles. The first-order valence-corrected chi connectivity index (χ1v) is 6.03. The van der Waals surface area contributed by atoms with E-state index in [1.807, 2.05) is 0 Å². The fourth-order valence-corrected chi connectivity index (χ4v) is 1.03. The highest BCUT2D eigenvalue weighted by Crippen LogP contribution is 2.10. The molecule has 0 aromatic rings. The van der Waals surface area contributed by atoms with Crippen molar-refractivity contribution >= 4 is 21.3 Å². The van der Waals surface area contributed by atoms with Gasteiger partial charge in [-0.15, -0.1) is 0 Å². The van der Waals surface area contributed by atoms with Gasteiger partial charge in [0, 0.05) is 0 Å². The van der Waals surface area contributed by atoms with Crippen LogP contribution >= 0.6 is 21.3 Å². The average molecular weight is 212 g/mol. The molecule has 2 atom stereocenters. The minimum atomic E-state index is -1.50. The molecule has 2 nitrogen and oxygen atoms in total. The summed E-state index contributed by atoms with van der Waals surface area (Å²) in [6.07, 6.45) is 5.36. The molecule has 12 heavy (non-hydrogen) atoms. The van der Waals surface area contributed by atoms with E-state index in [0.717, 1.165) is 11.7 Å². The Morgan fingerprint density at radius 3 is 2.33 bits per heavy atom. The second-order valence-electron chi connectivity index (χ2n) is 2.84. The zero-order valence-electron chi connectivity index (χ0n) is 7.99. The predicted octanol–water partition coefficient (Wildman–Crippen LogP) is 2.78. The predicted molar refractivity (Wildman–Crippen MR) is 59.8 cm³/mol. The van der Waals surface area contributed by atoms with Crippen molar-refractivity contribution in [1.82, 2.24) is 0 Å². The first-order valence-electron chi connectivity index (χ1n) is 4.41. The van der Waals surface area contributed by atoms with E-state index < -0.39 is 8.69 Å². The quantitative estimate of drug-likeness (QED) is 0.418. The number of hydrogen-bond donors (Lipinski definition) is 2. The summed E-state index contributed by atoms with van der Waals surface area (Å²) in [5, 5.41) is 0. The summed E-state index contributed by atoms with van der Waals surface area (Å²) < 4.78 is 8.57. The van der Waals surface area contributed by atoms with E-state index in [1.54, 1.807) is 0 Å². The maximum atomic E-state index is 8.57. The van der Waals surface area contributed by atoms with Gasteiger partial charge in [-0.25, -0.2) is 0 Å². The molecule has 0 bridgehead atoms. The van der Waals surface area contributed by atoms with Gasteiger partial charge in [0.15, 0.2) is 8.69 Å². The van der Waals surface area contributed by atoms with Crippen LogP contribution in [0.25, 0.3) is 0 Å². The number of thiol groups is 1. The van der Waals surface area contributed by atoms with E-state index >= 15 is 0 Å². The lowest BCUT2D eigenvalue weighted by Gasteiger charge is -2.05. The van der Waals surface area contributed by atoms with Gasteiger partial charge < -0.3 is 4.89 Å². The zero-order chi connectivity index (χ0) is 9.82. The van der Waals surface area contributed by atoms with Gasteiger partial charge >= 0.3 is 0 Å². The van der Waals surface area contributed by atoms with Crippen LogP contribution < -0.4 is 0 Å². The third kappa shape index (κ3) is 16.9. The Hall–Kier alpha value is 0.540. The number of hydrogen-bond acceptors (Lipinski definition) is 2. The molecule has 0 aliphatic rings. The molecule has 76 valence electrons. The maximum absolute atomic E-state index is 8.57. The SMILES string of the molecule is CCC(C)CCCCS.O=[PH2]O. The molecule has 0 spiro atoms. The van der Waals surface area contributed by atoms with Gasteiger partial charge in [0.1, 0.15) is 0 Å². The van der Waals surface area contributed by atoms with Gasteiger partial charge in [0.05, 0.1) is 0 Å². The summed E-state index contributed by atoms with van der Waals surface area (Å²) in [6.45, 7) is 4.57. The average Bonchev–Trinajstić information content (AvgIpc) is 2.06. The smallest absolute Gasteiger partial charge is 0.177 e. The number of rotatable bonds is 5. The minimum Gasteiger partial charge on any atom is -0.348 e. The molecule has 0 heterocycles.